The molecular formula is C22H18N2O3. The summed E-state index contributed by atoms with van der Waals surface area (Å²) in [5.74, 6) is -0.351. The van der Waals surface area contributed by atoms with Crippen molar-refractivity contribution in [2.45, 2.75) is 13.0 Å². The summed E-state index contributed by atoms with van der Waals surface area (Å²) in [6.07, 6.45) is 2.08. The van der Waals surface area contributed by atoms with Gasteiger partial charge in [0.1, 0.15) is 0 Å². The van der Waals surface area contributed by atoms with Gasteiger partial charge in [-0.3, -0.25) is 9.36 Å². The standard InChI is InChI=1S/C22H18N2O3/c25-21-19-10-3-4-12-20(19)23-15-24(21)13-6-14-27-22(26)18-11-5-8-16-7-1-2-9-17(16)18/h1-5,7-12,15H,6,13-14H2. The van der Waals surface area contributed by atoms with Crippen LogP contribution in [0.25, 0.3) is 21.7 Å². The summed E-state index contributed by atoms with van der Waals surface area (Å²) in [5, 5.41) is 2.47. The minimum absolute atomic E-state index is 0.0824. The number of benzene rings is 3. The molecule has 4 aromatic rings. The molecule has 27 heavy (non-hydrogen) atoms. The first kappa shape index (κ1) is 17.0. The van der Waals surface area contributed by atoms with Gasteiger partial charge in [0.15, 0.2) is 0 Å². The molecule has 1 heterocycles. The van der Waals surface area contributed by atoms with Crippen LogP contribution in [0.2, 0.25) is 0 Å². The molecule has 0 amide bonds. The third kappa shape index (κ3) is 3.44. The molecule has 0 aliphatic rings. The smallest absolute Gasteiger partial charge is 0.338 e. The van der Waals surface area contributed by atoms with Gasteiger partial charge in [0.25, 0.3) is 5.56 Å². The summed E-state index contributed by atoms with van der Waals surface area (Å²) in [7, 11) is 0. The maximum absolute atomic E-state index is 12.4. The van der Waals surface area contributed by atoms with E-state index < -0.39 is 0 Å². The summed E-state index contributed by atoms with van der Waals surface area (Å²) in [5.41, 5.74) is 1.15. The summed E-state index contributed by atoms with van der Waals surface area (Å²) in [6, 6.07) is 20.5. The van der Waals surface area contributed by atoms with Crippen molar-refractivity contribution >= 4 is 27.6 Å². The van der Waals surface area contributed by atoms with Gasteiger partial charge in [0, 0.05) is 6.54 Å². The molecule has 4 rings (SSSR count). The number of para-hydroxylation sites is 1. The summed E-state index contributed by atoms with van der Waals surface area (Å²) >= 11 is 0. The molecule has 134 valence electrons. The van der Waals surface area contributed by atoms with Crippen LogP contribution in [0.4, 0.5) is 0 Å². The Labute approximate surface area is 155 Å². The number of fused-ring (bicyclic) bond motifs is 2. The highest BCUT2D eigenvalue weighted by Crippen LogP contribution is 2.19. The highest BCUT2D eigenvalue weighted by atomic mass is 16.5. The predicted molar refractivity (Wildman–Crippen MR) is 105 cm³/mol. The molecule has 0 aliphatic heterocycles. The van der Waals surface area contributed by atoms with Crippen LogP contribution in [0.1, 0.15) is 16.8 Å². The summed E-state index contributed by atoms with van der Waals surface area (Å²) < 4.78 is 6.96. The van der Waals surface area contributed by atoms with Crippen molar-refractivity contribution in [3.63, 3.8) is 0 Å². The van der Waals surface area contributed by atoms with Gasteiger partial charge in [-0.25, -0.2) is 9.78 Å². The van der Waals surface area contributed by atoms with E-state index in [1.165, 1.54) is 6.33 Å². The molecule has 0 saturated heterocycles. The molecule has 0 radical (unpaired) electrons. The number of rotatable bonds is 5. The largest absolute Gasteiger partial charge is 0.462 e. The fourth-order valence-corrected chi connectivity index (χ4v) is 3.15. The van der Waals surface area contributed by atoms with E-state index >= 15 is 0 Å². The van der Waals surface area contributed by atoms with E-state index in [0.717, 1.165) is 10.8 Å². The average Bonchev–Trinajstić information content (AvgIpc) is 2.72. The van der Waals surface area contributed by atoms with Crippen molar-refractivity contribution in [3.05, 3.63) is 89.0 Å². The van der Waals surface area contributed by atoms with Crippen molar-refractivity contribution in [1.82, 2.24) is 9.55 Å². The van der Waals surface area contributed by atoms with E-state index in [9.17, 15) is 9.59 Å². The predicted octanol–water partition coefficient (Wildman–Crippen LogP) is 3.80. The minimum Gasteiger partial charge on any atom is -0.462 e. The molecule has 0 aliphatic carbocycles. The van der Waals surface area contributed by atoms with E-state index in [-0.39, 0.29) is 18.1 Å². The Bertz CT molecular complexity index is 1180. The first-order valence-corrected chi connectivity index (χ1v) is 8.83. The quantitative estimate of drug-likeness (QED) is 0.402. The molecule has 1 aromatic heterocycles. The lowest BCUT2D eigenvalue weighted by Crippen LogP contribution is -2.21. The lowest BCUT2D eigenvalue weighted by atomic mass is 10.1. The van der Waals surface area contributed by atoms with Crippen LogP contribution >= 0.6 is 0 Å². The van der Waals surface area contributed by atoms with E-state index in [1.54, 1.807) is 16.7 Å². The van der Waals surface area contributed by atoms with Crippen LogP contribution in [0.15, 0.2) is 77.9 Å². The van der Waals surface area contributed by atoms with Crippen LogP contribution in [0.5, 0.6) is 0 Å². The molecule has 5 nitrogen and oxygen atoms in total. The van der Waals surface area contributed by atoms with Gasteiger partial charge in [-0.15, -0.1) is 0 Å². The number of hydrogen-bond acceptors (Lipinski definition) is 4. The number of nitrogens with zero attached hydrogens (tertiary/aromatic N) is 2. The minimum atomic E-state index is -0.351. The number of esters is 1. The number of aromatic nitrogens is 2. The number of aryl methyl sites for hydroxylation is 1. The molecule has 0 spiro atoms. The Balaban J connectivity index is 1.41. The topological polar surface area (TPSA) is 61.2 Å². The van der Waals surface area contributed by atoms with Gasteiger partial charge < -0.3 is 4.74 Å². The number of carbonyl (C=O) groups excluding carboxylic acids is 1. The first-order valence-electron chi connectivity index (χ1n) is 8.83. The molecular weight excluding hydrogens is 340 g/mol. The maximum atomic E-state index is 12.4. The second-order valence-electron chi connectivity index (χ2n) is 6.28. The number of carbonyl (C=O) groups is 1. The summed E-state index contributed by atoms with van der Waals surface area (Å²) in [4.78, 5) is 29.1. The molecule has 0 N–H and O–H groups in total. The molecule has 3 aromatic carbocycles. The van der Waals surface area contributed by atoms with Crippen molar-refractivity contribution in [2.75, 3.05) is 6.61 Å². The Morgan fingerprint density at radius 1 is 0.926 bits per heavy atom. The van der Waals surface area contributed by atoms with Gasteiger partial charge in [0.05, 0.1) is 29.4 Å². The Morgan fingerprint density at radius 2 is 1.67 bits per heavy atom. The zero-order valence-corrected chi connectivity index (χ0v) is 14.7. The van der Waals surface area contributed by atoms with Gasteiger partial charge in [-0.1, -0.05) is 48.5 Å². The summed E-state index contributed by atoms with van der Waals surface area (Å²) in [6.45, 7) is 0.681. The van der Waals surface area contributed by atoms with Crippen molar-refractivity contribution < 1.29 is 9.53 Å². The highest BCUT2D eigenvalue weighted by Gasteiger charge is 2.11. The fourth-order valence-electron chi connectivity index (χ4n) is 3.15. The fraction of sp³-hybridized carbons (Fsp3) is 0.136. The Kier molecular flexibility index (Phi) is 4.66. The molecule has 5 heteroatoms. The highest BCUT2D eigenvalue weighted by molar-refractivity contribution is 6.04. The molecule has 0 unspecified atom stereocenters. The molecule has 0 bridgehead atoms. The lowest BCUT2D eigenvalue weighted by molar-refractivity contribution is 0.0498. The van der Waals surface area contributed by atoms with E-state index in [0.29, 0.717) is 29.4 Å². The number of ether oxygens (including phenoxy) is 1. The Hall–Kier alpha value is -3.47. The van der Waals surface area contributed by atoms with E-state index in [2.05, 4.69) is 4.98 Å². The Morgan fingerprint density at radius 3 is 2.56 bits per heavy atom. The SMILES string of the molecule is O=C(OCCCn1cnc2ccccc2c1=O)c1cccc2ccccc12. The van der Waals surface area contributed by atoms with Crippen LogP contribution in [0.3, 0.4) is 0 Å². The number of hydrogen-bond donors (Lipinski definition) is 0. The van der Waals surface area contributed by atoms with Gasteiger partial charge in [-0.2, -0.15) is 0 Å². The second-order valence-corrected chi connectivity index (χ2v) is 6.28. The van der Waals surface area contributed by atoms with Crippen molar-refractivity contribution in [1.29, 1.82) is 0 Å². The van der Waals surface area contributed by atoms with Crippen LogP contribution in [-0.4, -0.2) is 22.1 Å². The van der Waals surface area contributed by atoms with Crippen molar-refractivity contribution in [3.8, 4) is 0 Å². The zero-order valence-electron chi connectivity index (χ0n) is 14.7. The van der Waals surface area contributed by atoms with Gasteiger partial charge in [-0.05, 0) is 35.4 Å². The maximum Gasteiger partial charge on any atom is 0.338 e. The van der Waals surface area contributed by atoms with E-state index in [1.807, 2.05) is 54.6 Å². The van der Waals surface area contributed by atoms with Crippen LogP contribution in [0, 0.1) is 0 Å². The molecule has 0 atom stereocenters. The zero-order chi connectivity index (χ0) is 18.6. The average molecular weight is 358 g/mol. The van der Waals surface area contributed by atoms with Crippen LogP contribution in [-0.2, 0) is 11.3 Å². The third-order valence-corrected chi connectivity index (χ3v) is 4.52. The third-order valence-electron chi connectivity index (χ3n) is 4.52. The monoisotopic (exact) mass is 358 g/mol. The molecule has 0 fully saturated rings. The lowest BCUT2D eigenvalue weighted by Gasteiger charge is -2.09. The van der Waals surface area contributed by atoms with Gasteiger partial charge in [0.2, 0.25) is 0 Å². The first-order chi connectivity index (χ1) is 13.2. The molecule has 0 saturated carbocycles. The van der Waals surface area contributed by atoms with E-state index in [4.69, 9.17) is 4.74 Å². The van der Waals surface area contributed by atoms with Gasteiger partial charge >= 0.3 is 5.97 Å². The normalized spacial score (nSPS) is 11.0. The van der Waals surface area contributed by atoms with Crippen LogP contribution < -0.4 is 5.56 Å². The van der Waals surface area contributed by atoms with Crippen molar-refractivity contribution in [2.24, 2.45) is 0 Å². The second kappa shape index (κ2) is 7.41.